The molecule has 0 saturated carbocycles. The van der Waals surface area contributed by atoms with Crippen molar-refractivity contribution < 1.29 is 4.79 Å². The van der Waals surface area contributed by atoms with Crippen LogP contribution < -0.4 is 11.4 Å². The fourth-order valence-electron chi connectivity index (χ4n) is 3.92. The molecule has 1 aliphatic heterocycles. The second-order valence-electron chi connectivity index (χ2n) is 7.70. The first kappa shape index (κ1) is 18.4. The summed E-state index contributed by atoms with van der Waals surface area (Å²) in [5, 5.41) is 0.848. The lowest BCUT2D eigenvalue weighted by atomic mass is 10.1. The average Bonchev–Trinajstić information content (AvgIpc) is 3.19. The Morgan fingerprint density at radius 2 is 1.83 bits per heavy atom. The molecule has 0 aliphatic carbocycles. The summed E-state index contributed by atoms with van der Waals surface area (Å²) in [4.78, 5) is 37.5. The first-order valence-corrected chi connectivity index (χ1v) is 9.89. The standard InChI is InChI=1S/C22H22N6O2/c1-26-8-10-27(11-9-26)21(29)15-6-7-17-18(13-15)25-20(24-17)16-12-14-4-2-3-5-19(14)28(23)22(16)30/h2-7,12-13H,8-11,23H2,1H3,(H,24,25). The molecule has 3 heterocycles. The van der Waals surface area contributed by atoms with Crippen LogP contribution in [0.3, 0.4) is 0 Å². The molecule has 0 spiro atoms. The number of aromatic nitrogens is 3. The number of H-pyrrole nitrogens is 1. The number of hydrogen-bond acceptors (Lipinski definition) is 5. The SMILES string of the molecule is CN1CCN(C(=O)c2ccc3nc(-c4cc5ccccc5n(N)c4=O)[nH]c3c2)CC1. The molecule has 3 N–H and O–H groups in total. The molecule has 0 bridgehead atoms. The number of nitrogen functional groups attached to an aromatic ring is 1. The molecule has 1 amide bonds. The zero-order valence-electron chi connectivity index (χ0n) is 16.6. The van der Waals surface area contributed by atoms with Gasteiger partial charge in [0, 0.05) is 37.1 Å². The minimum atomic E-state index is -0.332. The molecule has 1 saturated heterocycles. The number of carbonyl (C=O) groups excluding carboxylic acids is 1. The van der Waals surface area contributed by atoms with Gasteiger partial charge in [-0.2, -0.15) is 0 Å². The van der Waals surface area contributed by atoms with Crippen molar-refractivity contribution in [2.45, 2.75) is 0 Å². The molecule has 5 rings (SSSR count). The second-order valence-corrected chi connectivity index (χ2v) is 7.70. The van der Waals surface area contributed by atoms with Crippen molar-refractivity contribution in [2.75, 3.05) is 39.1 Å². The highest BCUT2D eigenvalue weighted by Crippen LogP contribution is 2.22. The third-order valence-corrected chi connectivity index (χ3v) is 5.72. The fourth-order valence-corrected chi connectivity index (χ4v) is 3.92. The molecular formula is C22H22N6O2. The van der Waals surface area contributed by atoms with Crippen molar-refractivity contribution in [3.05, 3.63) is 64.4 Å². The van der Waals surface area contributed by atoms with E-state index in [0.717, 1.165) is 23.2 Å². The number of likely N-dealkylation sites (N-methyl/N-ethyl adjacent to an activating group) is 1. The molecule has 8 nitrogen and oxygen atoms in total. The fraction of sp³-hybridized carbons (Fsp3) is 0.227. The lowest BCUT2D eigenvalue weighted by Crippen LogP contribution is -2.47. The Bertz CT molecular complexity index is 1330. The largest absolute Gasteiger partial charge is 0.338 e. The summed E-state index contributed by atoms with van der Waals surface area (Å²) in [7, 11) is 2.06. The van der Waals surface area contributed by atoms with Crippen molar-refractivity contribution in [3.63, 3.8) is 0 Å². The predicted octanol–water partition coefficient (Wildman–Crippen LogP) is 1.65. The third-order valence-electron chi connectivity index (χ3n) is 5.72. The van der Waals surface area contributed by atoms with Gasteiger partial charge in [0.05, 0.1) is 22.1 Å². The van der Waals surface area contributed by atoms with Crippen LogP contribution in [-0.4, -0.2) is 63.6 Å². The molecule has 0 atom stereocenters. The number of benzene rings is 2. The van der Waals surface area contributed by atoms with Gasteiger partial charge in [-0.15, -0.1) is 0 Å². The predicted molar refractivity (Wildman–Crippen MR) is 117 cm³/mol. The number of piperazine rings is 1. The highest BCUT2D eigenvalue weighted by atomic mass is 16.2. The van der Waals surface area contributed by atoms with E-state index in [1.807, 2.05) is 23.1 Å². The molecule has 8 heteroatoms. The number of nitrogens with one attached hydrogen (secondary N) is 1. The van der Waals surface area contributed by atoms with E-state index in [4.69, 9.17) is 5.84 Å². The molecule has 30 heavy (non-hydrogen) atoms. The normalized spacial score (nSPS) is 15.2. The van der Waals surface area contributed by atoms with Crippen molar-refractivity contribution >= 4 is 27.8 Å². The van der Waals surface area contributed by atoms with Gasteiger partial charge in [0.25, 0.3) is 11.5 Å². The molecule has 2 aromatic carbocycles. The van der Waals surface area contributed by atoms with Gasteiger partial charge >= 0.3 is 0 Å². The minimum Gasteiger partial charge on any atom is -0.338 e. The summed E-state index contributed by atoms with van der Waals surface area (Å²) in [6.45, 7) is 3.18. The Hall–Kier alpha value is -3.65. The van der Waals surface area contributed by atoms with Gasteiger partial charge in [0.1, 0.15) is 5.82 Å². The molecule has 0 unspecified atom stereocenters. The maximum absolute atomic E-state index is 12.9. The lowest BCUT2D eigenvalue weighted by Gasteiger charge is -2.32. The van der Waals surface area contributed by atoms with Crippen LogP contribution in [0.4, 0.5) is 0 Å². The Kier molecular flexibility index (Phi) is 4.29. The van der Waals surface area contributed by atoms with Gasteiger partial charge in [-0.05, 0) is 37.4 Å². The van der Waals surface area contributed by atoms with Gasteiger partial charge < -0.3 is 20.6 Å². The number of imidazole rings is 1. The number of pyridine rings is 1. The van der Waals surface area contributed by atoms with Crippen LogP contribution in [0.15, 0.2) is 53.3 Å². The summed E-state index contributed by atoms with van der Waals surface area (Å²) < 4.78 is 1.14. The van der Waals surface area contributed by atoms with Crippen LogP contribution in [0.5, 0.6) is 0 Å². The molecular weight excluding hydrogens is 380 g/mol. The molecule has 1 aliphatic rings. The Labute approximate surface area is 172 Å². The lowest BCUT2D eigenvalue weighted by molar-refractivity contribution is 0.0664. The number of amides is 1. The number of rotatable bonds is 2. The Balaban J connectivity index is 1.53. The van der Waals surface area contributed by atoms with Gasteiger partial charge in [-0.25, -0.2) is 9.66 Å². The van der Waals surface area contributed by atoms with E-state index in [-0.39, 0.29) is 11.5 Å². The van der Waals surface area contributed by atoms with Crippen molar-refractivity contribution in [3.8, 4) is 11.4 Å². The van der Waals surface area contributed by atoms with Crippen molar-refractivity contribution in [2.24, 2.45) is 0 Å². The number of para-hydroxylation sites is 1. The van der Waals surface area contributed by atoms with Crippen LogP contribution in [0.1, 0.15) is 10.4 Å². The van der Waals surface area contributed by atoms with Crippen LogP contribution >= 0.6 is 0 Å². The summed E-state index contributed by atoms with van der Waals surface area (Å²) in [6.07, 6.45) is 0. The summed E-state index contributed by atoms with van der Waals surface area (Å²) in [5.41, 5.74) is 2.72. The zero-order chi connectivity index (χ0) is 20.8. The molecule has 4 aromatic rings. The van der Waals surface area contributed by atoms with Gasteiger partial charge in [0.2, 0.25) is 0 Å². The van der Waals surface area contributed by atoms with E-state index in [9.17, 15) is 9.59 Å². The number of fused-ring (bicyclic) bond motifs is 2. The highest BCUT2D eigenvalue weighted by molar-refractivity contribution is 5.98. The van der Waals surface area contributed by atoms with E-state index in [1.54, 1.807) is 30.3 Å². The highest BCUT2D eigenvalue weighted by Gasteiger charge is 2.21. The Morgan fingerprint density at radius 1 is 1.07 bits per heavy atom. The number of nitrogens with two attached hydrogens (primary N) is 1. The maximum atomic E-state index is 12.9. The zero-order valence-corrected chi connectivity index (χ0v) is 16.6. The minimum absolute atomic E-state index is 0.0103. The number of aromatic amines is 1. The van der Waals surface area contributed by atoms with Gasteiger partial charge in [-0.1, -0.05) is 18.2 Å². The molecule has 1 fully saturated rings. The topological polar surface area (TPSA) is 100 Å². The van der Waals surface area contributed by atoms with Crippen LogP contribution in [-0.2, 0) is 0 Å². The van der Waals surface area contributed by atoms with Crippen molar-refractivity contribution in [1.29, 1.82) is 0 Å². The number of carbonyl (C=O) groups is 1. The van der Waals surface area contributed by atoms with Crippen LogP contribution in [0.2, 0.25) is 0 Å². The monoisotopic (exact) mass is 402 g/mol. The Morgan fingerprint density at radius 3 is 2.63 bits per heavy atom. The smallest absolute Gasteiger partial charge is 0.280 e. The summed E-state index contributed by atoms with van der Waals surface area (Å²) >= 11 is 0. The van der Waals surface area contributed by atoms with Gasteiger partial charge in [-0.3, -0.25) is 9.59 Å². The summed E-state index contributed by atoms with van der Waals surface area (Å²) in [5.74, 6) is 6.46. The van der Waals surface area contributed by atoms with E-state index >= 15 is 0 Å². The first-order valence-electron chi connectivity index (χ1n) is 9.89. The first-order chi connectivity index (χ1) is 14.5. The van der Waals surface area contributed by atoms with Crippen LogP contribution in [0, 0.1) is 0 Å². The van der Waals surface area contributed by atoms with Crippen molar-refractivity contribution in [1.82, 2.24) is 24.4 Å². The van der Waals surface area contributed by atoms with E-state index < -0.39 is 0 Å². The number of nitrogens with zero attached hydrogens (tertiary/aromatic N) is 4. The summed E-state index contributed by atoms with van der Waals surface area (Å²) in [6, 6.07) is 14.6. The molecule has 2 aromatic heterocycles. The quantitative estimate of drug-likeness (QED) is 0.497. The van der Waals surface area contributed by atoms with E-state index in [2.05, 4.69) is 21.9 Å². The number of hydrogen-bond donors (Lipinski definition) is 2. The van der Waals surface area contributed by atoms with E-state index in [1.165, 1.54) is 0 Å². The second kappa shape index (κ2) is 7.00. The maximum Gasteiger partial charge on any atom is 0.280 e. The third kappa shape index (κ3) is 3.02. The molecule has 0 radical (unpaired) electrons. The van der Waals surface area contributed by atoms with E-state index in [0.29, 0.717) is 46.6 Å². The average molecular weight is 402 g/mol. The van der Waals surface area contributed by atoms with Gasteiger partial charge in [0.15, 0.2) is 0 Å². The van der Waals surface area contributed by atoms with Crippen LogP contribution in [0.25, 0.3) is 33.3 Å². The molecule has 152 valence electrons.